The number of rotatable bonds is 12. The number of nitrogens with zero attached hydrogens (tertiary/aromatic N) is 2. The molecule has 0 aromatic carbocycles. The second kappa shape index (κ2) is 21.0. The fourth-order valence-corrected chi connectivity index (χ4v) is 1.37. The van der Waals surface area contributed by atoms with Crippen LogP contribution >= 0.6 is 0 Å². The monoisotopic (exact) mass is 486 g/mol. The highest BCUT2D eigenvalue weighted by atomic mass is 16.4. The first kappa shape index (κ1) is 33.4. The van der Waals surface area contributed by atoms with Crippen LogP contribution in [0.25, 0.3) is 0 Å². The molecule has 16 nitrogen and oxygen atoms in total. The van der Waals surface area contributed by atoms with Gasteiger partial charge in [0.1, 0.15) is 0 Å². The third-order valence-electron chi connectivity index (χ3n) is 2.63. The van der Waals surface area contributed by atoms with Crippen LogP contribution in [-0.2, 0) is 38.4 Å². The van der Waals surface area contributed by atoms with Gasteiger partial charge in [0.2, 0.25) is 12.2 Å². The van der Waals surface area contributed by atoms with Crippen LogP contribution < -0.4 is 0 Å². The van der Waals surface area contributed by atoms with Crippen molar-refractivity contribution in [2.45, 2.75) is 12.8 Å². The maximum Gasteiger partial charge on any atom is 0.331 e. The van der Waals surface area contributed by atoms with Gasteiger partial charge in [-0.1, -0.05) is 0 Å². The Hall–Kier alpha value is -5.20. The quantitative estimate of drug-likeness (QED) is 0.113. The summed E-state index contributed by atoms with van der Waals surface area (Å²) in [6, 6.07) is 0. The van der Waals surface area contributed by atoms with E-state index in [4.69, 9.17) is 30.6 Å². The number of isocyanates is 2. The van der Waals surface area contributed by atoms with Gasteiger partial charge in [-0.05, 0) is 0 Å². The van der Waals surface area contributed by atoms with Crippen molar-refractivity contribution in [1.82, 2.24) is 0 Å². The molecule has 0 fully saturated rings. The van der Waals surface area contributed by atoms with Crippen molar-refractivity contribution in [3.63, 3.8) is 0 Å². The van der Waals surface area contributed by atoms with Gasteiger partial charge in [-0.25, -0.2) is 48.3 Å². The molecule has 16 heteroatoms. The molecule has 0 spiro atoms. The van der Waals surface area contributed by atoms with E-state index < -0.39 is 35.8 Å². The zero-order valence-electron chi connectivity index (χ0n) is 17.0. The zero-order valence-corrected chi connectivity index (χ0v) is 17.0. The highest BCUT2D eigenvalue weighted by Crippen LogP contribution is 2.02. The fourth-order valence-electron chi connectivity index (χ4n) is 1.37. The minimum Gasteiger partial charge on any atom is -0.478 e. The summed E-state index contributed by atoms with van der Waals surface area (Å²) in [4.78, 5) is 85.4. The minimum absolute atomic E-state index is 0.0745. The molecule has 0 heterocycles. The molecule has 0 bridgehead atoms. The highest BCUT2D eigenvalue weighted by molar-refractivity contribution is 5.95. The van der Waals surface area contributed by atoms with Crippen LogP contribution in [0.3, 0.4) is 0 Å². The normalized spacial score (nSPS) is 10.1. The largest absolute Gasteiger partial charge is 0.478 e. The van der Waals surface area contributed by atoms with Crippen LogP contribution in [0.5, 0.6) is 0 Å². The lowest BCUT2D eigenvalue weighted by molar-refractivity contribution is -0.135. The summed E-state index contributed by atoms with van der Waals surface area (Å²) < 4.78 is 0. The number of carbonyl (C=O) groups excluding carboxylic acids is 2. The van der Waals surface area contributed by atoms with Crippen LogP contribution in [0, 0.1) is 0 Å². The number of hydrogen-bond acceptors (Lipinski definition) is 10. The molecule has 0 saturated heterocycles. The first-order chi connectivity index (χ1) is 15.8. The number of aliphatic carboxylic acids is 6. The number of carboxylic acid groups (broad SMARTS) is 6. The van der Waals surface area contributed by atoms with E-state index in [0.29, 0.717) is 24.3 Å². The first-order valence-electron chi connectivity index (χ1n) is 8.33. The van der Waals surface area contributed by atoms with Gasteiger partial charge in [0, 0.05) is 48.3 Å². The molecule has 34 heavy (non-hydrogen) atoms. The van der Waals surface area contributed by atoms with Crippen LogP contribution in [-0.4, -0.2) is 91.7 Å². The zero-order chi connectivity index (χ0) is 27.1. The molecular weight excluding hydrogens is 468 g/mol. The maximum absolute atomic E-state index is 10.4. The van der Waals surface area contributed by atoms with Gasteiger partial charge in [0.15, 0.2) is 0 Å². The molecule has 0 saturated carbocycles. The Morgan fingerprint density at radius 3 is 1.03 bits per heavy atom. The van der Waals surface area contributed by atoms with E-state index in [1.165, 1.54) is 12.2 Å². The minimum atomic E-state index is -1.34. The van der Waals surface area contributed by atoms with Crippen molar-refractivity contribution >= 4 is 48.0 Å². The van der Waals surface area contributed by atoms with Crippen LogP contribution in [0.2, 0.25) is 0 Å². The molecule has 0 rings (SSSR count). The van der Waals surface area contributed by atoms with Crippen molar-refractivity contribution in [2.24, 2.45) is 9.98 Å². The highest BCUT2D eigenvalue weighted by Gasteiger charge is 2.09. The average Bonchev–Trinajstić information content (AvgIpc) is 2.71. The van der Waals surface area contributed by atoms with E-state index in [1.807, 2.05) is 0 Å². The molecule has 0 amide bonds. The van der Waals surface area contributed by atoms with Crippen molar-refractivity contribution in [3.8, 4) is 0 Å². The van der Waals surface area contributed by atoms with Gasteiger partial charge in [-0.3, -0.25) is 0 Å². The van der Waals surface area contributed by atoms with Crippen molar-refractivity contribution in [2.75, 3.05) is 13.1 Å². The molecule has 0 aromatic heterocycles. The van der Waals surface area contributed by atoms with Crippen molar-refractivity contribution < 1.29 is 69.0 Å². The third-order valence-corrected chi connectivity index (χ3v) is 2.63. The van der Waals surface area contributed by atoms with Crippen molar-refractivity contribution in [3.05, 3.63) is 35.5 Å². The van der Waals surface area contributed by atoms with Crippen molar-refractivity contribution in [1.29, 1.82) is 0 Å². The van der Waals surface area contributed by atoms with E-state index in [1.54, 1.807) is 0 Å². The van der Waals surface area contributed by atoms with E-state index >= 15 is 0 Å². The summed E-state index contributed by atoms with van der Waals surface area (Å²) in [5, 5.41) is 49.0. The van der Waals surface area contributed by atoms with Gasteiger partial charge in [-0.15, -0.1) is 0 Å². The van der Waals surface area contributed by atoms with Crippen LogP contribution in [0.4, 0.5) is 0 Å². The molecular formula is C18H18N2O14. The summed E-state index contributed by atoms with van der Waals surface area (Å²) in [6.45, 7) is -0.149. The summed E-state index contributed by atoms with van der Waals surface area (Å²) in [7, 11) is 0. The summed E-state index contributed by atoms with van der Waals surface area (Å²) in [5.74, 6) is -7.85. The van der Waals surface area contributed by atoms with Gasteiger partial charge < -0.3 is 30.6 Å². The Labute approximate surface area is 189 Å². The van der Waals surface area contributed by atoms with Crippen LogP contribution in [0.15, 0.2) is 45.4 Å². The summed E-state index contributed by atoms with van der Waals surface area (Å²) in [5.41, 5.74) is -0.599. The third kappa shape index (κ3) is 26.8. The second-order valence-corrected chi connectivity index (χ2v) is 5.08. The summed E-state index contributed by atoms with van der Waals surface area (Å²) in [6.07, 6.45) is 4.50. The van der Waals surface area contributed by atoms with E-state index in [0.717, 1.165) is 0 Å². The molecule has 0 aliphatic heterocycles. The fraction of sp³-hybridized carbons (Fsp3) is 0.222. The maximum atomic E-state index is 10.4. The Bertz CT molecular complexity index is 872. The summed E-state index contributed by atoms with van der Waals surface area (Å²) >= 11 is 0. The smallest absolute Gasteiger partial charge is 0.331 e. The van der Waals surface area contributed by atoms with Gasteiger partial charge in [-0.2, -0.15) is 0 Å². The predicted octanol–water partition coefficient (Wildman–Crippen LogP) is -0.672. The topological polar surface area (TPSA) is 283 Å². The molecule has 0 atom stereocenters. The average molecular weight is 486 g/mol. The lowest BCUT2D eigenvalue weighted by atomic mass is 10.2. The van der Waals surface area contributed by atoms with E-state index in [9.17, 15) is 38.4 Å². The molecule has 0 radical (unpaired) electrons. The SMILES string of the molecule is O=C(O)/C=C/C(=O)O.O=C=NCC/C(=C\C(=O)O)C(=O)O.O=C=NCC/C(=C\C(=O)O)C(=O)O. The lowest BCUT2D eigenvalue weighted by Gasteiger charge is -1.95. The molecule has 6 N–H and O–H groups in total. The Morgan fingerprint density at radius 2 is 0.853 bits per heavy atom. The molecule has 184 valence electrons. The van der Waals surface area contributed by atoms with Crippen LogP contribution in [0.1, 0.15) is 12.8 Å². The Balaban J connectivity index is -0.000000438. The number of carbonyl (C=O) groups is 6. The van der Waals surface area contributed by atoms with Gasteiger partial charge in [0.05, 0.1) is 13.1 Å². The number of carboxylic acids is 6. The number of hydrogen-bond donors (Lipinski definition) is 6. The Kier molecular flexibility index (Phi) is 20.7. The predicted molar refractivity (Wildman–Crippen MR) is 106 cm³/mol. The number of aliphatic imine (C=N–C) groups is 2. The standard InChI is InChI=1S/2C7H7NO5.C4H4O4/c2*9-4-8-2-1-5(7(12)13)3-6(10)11;5-3(6)1-2-4(7)8/h2*3H,1-2H2,(H,10,11)(H,12,13);1-2H,(H,5,6)(H,7,8)/b2*5-3+;2-1+. The molecule has 0 unspecified atom stereocenters. The van der Waals surface area contributed by atoms with E-state index in [-0.39, 0.29) is 37.1 Å². The van der Waals surface area contributed by atoms with Gasteiger partial charge >= 0.3 is 35.8 Å². The second-order valence-electron chi connectivity index (χ2n) is 5.08. The van der Waals surface area contributed by atoms with Gasteiger partial charge in [0.25, 0.3) is 0 Å². The molecule has 0 aromatic rings. The molecule has 0 aliphatic carbocycles. The first-order valence-corrected chi connectivity index (χ1v) is 8.33. The Morgan fingerprint density at radius 1 is 0.559 bits per heavy atom. The lowest BCUT2D eigenvalue weighted by Crippen LogP contribution is -2.05. The molecule has 0 aliphatic rings. The van der Waals surface area contributed by atoms with E-state index in [2.05, 4.69) is 9.98 Å².